The smallest absolute Gasteiger partial charge is 0.258 e. The topological polar surface area (TPSA) is 29.1 Å². The molecule has 0 aliphatic rings. The second kappa shape index (κ2) is 5.14. The van der Waals surface area contributed by atoms with Gasteiger partial charge in [0.2, 0.25) is 0 Å². The summed E-state index contributed by atoms with van der Waals surface area (Å²) in [4.78, 5) is 11.7. The van der Waals surface area contributed by atoms with Crippen molar-refractivity contribution >= 4 is 23.2 Å². The lowest BCUT2D eigenvalue weighted by atomic mass is 10.2. The van der Waals surface area contributed by atoms with Gasteiger partial charge < -0.3 is 5.32 Å². The minimum atomic E-state index is -0.908. The summed E-state index contributed by atoms with van der Waals surface area (Å²) >= 11 is 5.75. The molecule has 92 valence electrons. The molecule has 5 heteroatoms. The number of amides is 1. The Morgan fingerprint density at radius 3 is 2.56 bits per heavy atom. The fraction of sp³-hybridized carbons (Fsp3) is 0. The summed E-state index contributed by atoms with van der Waals surface area (Å²) in [5.74, 6) is -2.30. The quantitative estimate of drug-likeness (QED) is 0.879. The van der Waals surface area contributed by atoms with Crippen molar-refractivity contribution in [2.75, 3.05) is 5.32 Å². The summed E-state index contributed by atoms with van der Waals surface area (Å²) in [5.41, 5.74) is 0.215. The molecule has 2 rings (SSSR count). The van der Waals surface area contributed by atoms with Gasteiger partial charge in [0.1, 0.15) is 11.6 Å². The van der Waals surface area contributed by atoms with Crippen molar-refractivity contribution in [3.63, 3.8) is 0 Å². The Morgan fingerprint density at radius 1 is 1.11 bits per heavy atom. The number of halogens is 3. The number of rotatable bonds is 2. The number of hydrogen-bond acceptors (Lipinski definition) is 1. The molecule has 0 atom stereocenters. The van der Waals surface area contributed by atoms with Gasteiger partial charge in [0.15, 0.2) is 0 Å². The van der Waals surface area contributed by atoms with Crippen LogP contribution in [-0.4, -0.2) is 5.91 Å². The zero-order chi connectivity index (χ0) is 13.1. The summed E-state index contributed by atoms with van der Waals surface area (Å²) in [6.45, 7) is 0. The Kier molecular flexibility index (Phi) is 3.58. The second-order valence-corrected chi connectivity index (χ2v) is 4.03. The summed E-state index contributed by atoms with van der Waals surface area (Å²) < 4.78 is 26.1. The van der Waals surface area contributed by atoms with Crippen LogP contribution in [0.3, 0.4) is 0 Å². The molecule has 0 aliphatic heterocycles. The lowest BCUT2D eigenvalue weighted by Gasteiger charge is -2.06. The molecule has 0 fully saturated rings. The van der Waals surface area contributed by atoms with Crippen molar-refractivity contribution in [3.05, 3.63) is 64.7 Å². The summed E-state index contributed by atoms with van der Waals surface area (Å²) in [6, 6.07) is 9.22. The van der Waals surface area contributed by atoms with E-state index in [0.29, 0.717) is 16.8 Å². The van der Waals surface area contributed by atoms with Crippen LogP contribution < -0.4 is 5.32 Å². The van der Waals surface area contributed by atoms with E-state index < -0.39 is 17.5 Å². The lowest BCUT2D eigenvalue weighted by Crippen LogP contribution is -2.13. The number of hydrogen-bond donors (Lipinski definition) is 1. The first kappa shape index (κ1) is 12.5. The largest absolute Gasteiger partial charge is 0.322 e. The average Bonchev–Trinajstić information content (AvgIpc) is 2.28. The molecule has 0 heterocycles. The molecule has 18 heavy (non-hydrogen) atoms. The van der Waals surface area contributed by atoms with Gasteiger partial charge in [-0.15, -0.1) is 0 Å². The first-order chi connectivity index (χ1) is 8.56. The fourth-order valence-corrected chi connectivity index (χ4v) is 1.63. The maximum atomic E-state index is 13.4. The summed E-state index contributed by atoms with van der Waals surface area (Å²) in [5, 5.41) is 2.92. The minimum Gasteiger partial charge on any atom is -0.322 e. The number of carbonyl (C=O) groups is 1. The monoisotopic (exact) mass is 267 g/mol. The molecule has 2 nitrogen and oxygen atoms in total. The highest BCUT2D eigenvalue weighted by Gasteiger charge is 2.12. The van der Waals surface area contributed by atoms with Crippen LogP contribution in [0.25, 0.3) is 0 Å². The molecule has 0 saturated carbocycles. The van der Waals surface area contributed by atoms with Gasteiger partial charge in [-0.2, -0.15) is 0 Å². The fourth-order valence-electron chi connectivity index (χ4n) is 1.44. The van der Waals surface area contributed by atoms with E-state index in [9.17, 15) is 13.6 Å². The number of benzene rings is 2. The van der Waals surface area contributed by atoms with Crippen molar-refractivity contribution in [2.45, 2.75) is 0 Å². The first-order valence-electron chi connectivity index (χ1n) is 5.08. The first-order valence-corrected chi connectivity index (χ1v) is 5.46. The van der Waals surface area contributed by atoms with Crippen LogP contribution in [0, 0.1) is 11.6 Å². The highest BCUT2D eigenvalue weighted by Crippen LogP contribution is 2.17. The molecule has 2 aromatic carbocycles. The number of carbonyl (C=O) groups excluding carboxylic acids is 1. The lowest BCUT2D eigenvalue weighted by molar-refractivity contribution is 0.102. The van der Waals surface area contributed by atoms with E-state index in [1.165, 1.54) is 6.07 Å². The predicted octanol–water partition coefficient (Wildman–Crippen LogP) is 3.87. The molecule has 1 amide bonds. The van der Waals surface area contributed by atoms with E-state index in [4.69, 9.17) is 11.6 Å². The average molecular weight is 268 g/mol. The van der Waals surface area contributed by atoms with Gasteiger partial charge in [-0.3, -0.25) is 4.79 Å². The van der Waals surface area contributed by atoms with Crippen LogP contribution in [0.1, 0.15) is 10.4 Å². The van der Waals surface area contributed by atoms with Gasteiger partial charge in [0, 0.05) is 16.8 Å². The van der Waals surface area contributed by atoms with Crippen LogP contribution >= 0.6 is 11.6 Å². The van der Waals surface area contributed by atoms with Crippen LogP contribution in [0.15, 0.2) is 42.5 Å². The molecular formula is C13H8ClF2NO. The number of nitrogens with one attached hydrogen (secondary N) is 1. The van der Waals surface area contributed by atoms with E-state index in [1.54, 1.807) is 18.2 Å². The maximum absolute atomic E-state index is 13.4. The van der Waals surface area contributed by atoms with Gasteiger partial charge >= 0.3 is 0 Å². The molecule has 0 spiro atoms. The summed E-state index contributed by atoms with van der Waals surface area (Å²) in [6.07, 6.45) is 0. The van der Waals surface area contributed by atoms with Crippen molar-refractivity contribution in [1.29, 1.82) is 0 Å². The Hall–Kier alpha value is -1.94. The minimum absolute atomic E-state index is 0.226. The van der Waals surface area contributed by atoms with Crippen molar-refractivity contribution < 1.29 is 13.6 Å². The highest BCUT2D eigenvalue weighted by molar-refractivity contribution is 6.30. The van der Waals surface area contributed by atoms with Gasteiger partial charge in [-0.25, -0.2) is 8.78 Å². The van der Waals surface area contributed by atoms with Crippen LogP contribution in [0.5, 0.6) is 0 Å². The Labute approximate surface area is 107 Å². The van der Waals surface area contributed by atoms with Crippen LogP contribution in [-0.2, 0) is 0 Å². The van der Waals surface area contributed by atoms with E-state index in [0.717, 1.165) is 12.1 Å². The molecule has 1 N–H and O–H groups in total. The molecular weight excluding hydrogens is 260 g/mol. The van der Waals surface area contributed by atoms with E-state index in [2.05, 4.69) is 5.32 Å². The zero-order valence-corrected chi connectivity index (χ0v) is 9.84. The third-order valence-corrected chi connectivity index (χ3v) is 2.49. The van der Waals surface area contributed by atoms with E-state index in [-0.39, 0.29) is 5.56 Å². The van der Waals surface area contributed by atoms with Gasteiger partial charge in [-0.1, -0.05) is 17.7 Å². The van der Waals surface area contributed by atoms with Crippen molar-refractivity contribution in [3.8, 4) is 0 Å². The van der Waals surface area contributed by atoms with Crippen molar-refractivity contribution in [2.24, 2.45) is 0 Å². The van der Waals surface area contributed by atoms with E-state index in [1.807, 2.05) is 0 Å². The predicted molar refractivity (Wildman–Crippen MR) is 65.8 cm³/mol. The third kappa shape index (κ3) is 2.84. The summed E-state index contributed by atoms with van der Waals surface area (Å²) in [7, 11) is 0. The van der Waals surface area contributed by atoms with Crippen LogP contribution in [0.2, 0.25) is 5.02 Å². The Balaban J connectivity index is 2.22. The molecule has 0 aromatic heterocycles. The zero-order valence-electron chi connectivity index (χ0n) is 9.08. The van der Waals surface area contributed by atoms with Gasteiger partial charge in [0.25, 0.3) is 5.91 Å². The Morgan fingerprint density at radius 2 is 1.89 bits per heavy atom. The normalized spacial score (nSPS) is 10.2. The van der Waals surface area contributed by atoms with Crippen LogP contribution in [0.4, 0.5) is 14.5 Å². The maximum Gasteiger partial charge on any atom is 0.258 e. The third-order valence-electron chi connectivity index (χ3n) is 2.26. The Bertz CT molecular complexity index is 601. The molecule has 0 saturated heterocycles. The molecule has 0 unspecified atom stereocenters. The van der Waals surface area contributed by atoms with Crippen molar-refractivity contribution in [1.82, 2.24) is 0 Å². The van der Waals surface area contributed by atoms with Gasteiger partial charge in [0.05, 0.1) is 5.56 Å². The SMILES string of the molecule is O=C(Nc1cccc(Cl)c1)c1ccc(F)cc1F. The molecule has 0 radical (unpaired) electrons. The highest BCUT2D eigenvalue weighted by atomic mass is 35.5. The van der Waals surface area contributed by atoms with E-state index >= 15 is 0 Å². The van der Waals surface area contributed by atoms with Gasteiger partial charge in [-0.05, 0) is 30.3 Å². The number of anilines is 1. The molecule has 2 aromatic rings. The molecule has 0 bridgehead atoms. The molecule has 0 aliphatic carbocycles. The standard InChI is InChI=1S/C13H8ClF2NO/c14-8-2-1-3-10(6-8)17-13(18)11-5-4-9(15)7-12(11)16/h1-7H,(H,17,18). The second-order valence-electron chi connectivity index (χ2n) is 3.59.